The van der Waals surface area contributed by atoms with Gasteiger partial charge in [-0.3, -0.25) is 9.78 Å². The summed E-state index contributed by atoms with van der Waals surface area (Å²) >= 11 is 5.44. The molecule has 0 fully saturated rings. The van der Waals surface area contributed by atoms with Gasteiger partial charge in [-0.05, 0) is 87.4 Å². The topological polar surface area (TPSA) is 50.2 Å². The molecule has 0 aliphatic rings. The van der Waals surface area contributed by atoms with Crippen molar-refractivity contribution in [1.82, 2.24) is 4.98 Å². The molecule has 1 radical (unpaired) electrons. The van der Waals surface area contributed by atoms with Crippen LogP contribution in [0.25, 0.3) is 41.5 Å². The molecule has 3 heterocycles. The average molecular weight is 919 g/mol. The molecular formula is C44H56IrNO2S3-. The van der Waals surface area contributed by atoms with Crippen LogP contribution in [0.5, 0.6) is 0 Å². The van der Waals surface area contributed by atoms with Crippen LogP contribution in [0.2, 0.25) is 0 Å². The smallest absolute Gasteiger partial charge is 0.164 e. The monoisotopic (exact) mass is 919 g/mol. The number of aliphatic hydroxyl groups is 1. The molecule has 0 unspecified atom stereocenters. The minimum atomic E-state index is -0.337. The van der Waals surface area contributed by atoms with Crippen LogP contribution in [0.3, 0.4) is 0 Å². The maximum absolute atomic E-state index is 12.2. The van der Waals surface area contributed by atoms with E-state index in [0.717, 1.165) is 43.4 Å². The SMILES string of the molecule is C=C(CC(C)C)Sc1ccc2c(c1)sc1c(-c3[c-]c4ccsc4c(C(C)(C)C)c3)nccc12.CCC(C)(CC)C(=O)/C=C(\O)C(C)(CC)CC.[Ir]. The van der Waals surface area contributed by atoms with E-state index >= 15 is 0 Å². The van der Waals surface area contributed by atoms with Gasteiger partial charge in [0.25, 0.3) is 0 Å². The van der Waals surface area contributed by atoms with Crippen molar-refractivity contribution >= 4 is 70.5 Å². The van der Waals surface area contributed by atoms with Gasteiger partial charge < -0.3 is 5.11 Å². The number of pyridine rings is 1. The third-order valence-corrected chi connectivity index (χ3v) is 13.5. The summed E-state index contributed by atoms with van der Waals surface area (Å²) in [5.41, 5.74) is 2.94. The molecule has 277 valence electrons. The second-order valence-electron chi connectivity index (χ2n) is 15.5. The minimum absolute atomic E-state index is 0. The molecule has 0 spiro atoms. The van der Waals surface area contributed by atoms with E-state index in [1.165, 1.54) is 51.7 Å². The molecule has 0 amide bonds. The molecule has 3 aromatic heterocycles. The van der Waals surface area contributed by atoms with Crippen molar-refractivity contribution in [2.75, 3.05) is 0 Å². The Morgan fingerprint density at radius 3 is 2.18 bits per heavy atom. The Labute approximate surface area is 332 Å². The first-order valence-electron chi connectivity index (χ1n) is 18.1. The van der Waals surface area contributed by atoms with Gasteiger partial charge in [-0.15, -0.1) is 34.9 Å². The van der Waals surface area contributed by atoms with Crippen molar-refractivity contribution in [3.05, 3.63) is 82.9 Å². The predicted molar refractivity (Wildman–Crippen MR) is 223 cm³/mol. The molecule has 0 saturated carbocycles. The average Bonchev–Trinajstić information content (AvgIpc) is 3.70. The molecule has 0 aliphatic carbocycles. The standard InChI is InChI=1S/C29H28NS3.C15H28O2.Ir/c1-17(2)13-18(3)32-21-7-8-22-23-9-11-30-26(28(23)33-25(22)16-21)20-14-19-10-12-31-27(19)24(15-20)29(4,5)6;1-7-14(5,8-2)12(16)11-13(17)15(6,9-3)10-4;/h7-12,15-17H,3,13H2,1-2,4-6H3;11,16H,7-10H2,1-6H3;/q-1;;/b;12-11-;. The van der Waals surface area contributed by atoms with Gasteiger partial charge in [0.2, 0.25) is 0 Å². The molecule has 51 heavy (non-hydrogen) atoms. The number of aliphatic hydroxyl groups excluding tert-OH is 1. The molecule has 0 saturated heterocycles. The molecule has 0 bridgehead atoms. The Kier molecular flexibility index (Phi) is 15.0. The summed E-state index contributed by atoms with van der Waals surface area (Å²) in [4.78, 5) is 19.5. The summed E-state index contributed by atoms with van der Waals surface area (Å²) < 4.78 is 3.87. The third-order valence-electron chi connectivity index (χ3n) is 10.4. The second kappa shape index (κ2) is 17.7. The molecule has 1 N–H and O–H groups in total. The van der Waals surface area contributed by atoms with Crippen LogP contribution < -0.4 is 0 Å². The number of carbonyl (C=O) groups excluding carboxylic acids is 1. The number of carbonyl (C=O) groups is 1. The summed E-state index contributed by atoms with van der Waals surface area (Å²) in [7, 11) is 0. The minimum Gasteiger partial charge on any atom is -0.512 e. The molecule has 0 atom stereocenters. The van der Waals surface area contributed by atoms with Crippen LogP contribution in [0.4, 0.5) is 0 Å². The fourth-order valence-electron chi connectivity index (χ4n) is 5.98. The van der Waals surface area contributed by atoms with Crippen molar-refractivity contribution < 1.29 is 30.0 Å². The quantitative estimate of drug-likeness (QED) is 0.0586. The van der Waals surface area contributed by atoms with Crippen LogP contribution in [0.15, 0.2) is 76.2 Å². The van der Waals surface area contributed by atoms with Crippen LogP contribution >= 0.6 is 34.4 Å². The second-order valence-corrected chi connectivity index (χ2v) is 18.7. The van der Waals surface area contributed by atoms with Crippen molar-refractivity contribution in [2.24, 2.45) is 16.7 Å². The number of hydrogen-bond acceptors (Lipinski definition) is 6. The molecule has 2 aromatic carbocycles. The number of rotatable bonds is 12. The van der Waals surface area contributed by atoms with E-state index in [4.69, 9.17) is 4.98 Å². The largest absolute Gasteiger partial charge is 0.512 e. The number of fused-ring (bicyclic) bond motifs is 4. The van der Waals surface area contributed by atoms with E-state index in [1.54, 1.807) is 23.1 Å². The number of aromatic nitrogens is 1. The first kappa shape index (κ1) is 43.1. The molecule has 3 nitrogen and oxygen atoms in total. The van der Waals surface area contributed by atoms with E-state index in [-0.39, 0.29) is 47.9 Å². The van der Waals surface area contributed by atoms with Crippen molar-refractivity contribution in [2.45, 2.75) is 119 Å². The van der Waals surface area contributed by atoms with E-state index in [9.17, 15) is 9.90 Å². The number of benzene rings is 2. The van der Waals surface area contributed by atoms with Crippen LogP contribution in [-0.4, -0.2) is 15.9 Å². The third kappa shape index (κ3) is 9.83. The first-order valence-corrected chi connectivity index (χ1v) is 20.6. The molecular weight excluding hydrogens is 863 g/mol. The maximum atomic E-state index is 12.2. The van der Waals surface area contributed by atoms with Gasteiger partial charge in [-0.1, -0.05) is 112 Å². The Balaban J connectivity index is 0.000000335. The number of thioether (sulfide) groups is 1. The summed E-state index contributed by atoms with van der Waals surface area (Å²) in [6.45, 7) is 27.7. The maximum Gasteiger partial charge on any atom is 0.164 e. The zero-order chi connectivity index (χ0) is 37.0. The Bertz CT molecular complexity index is 2000. The van der Waals surface area contributed by atoms with Gasteiger partial charge >= 0.3 is 0 Å². The number of thiophene rings is 2. The van der Waals surface area contributed by atoms with Gasteiger partial charge in [0.1, 0.15) is 5.76 Å². The summed E-state index contributed by atoms with van der Waals surface area (Å²) in [6, 6.07) is 17.1. The zero-order valence-electron chi connectivity index (χ0n) is 32.4. The summed E-state index contributed by atoms with van der Waals surface area (Å²) in [5, 5.41) is 16.1. The summed E-state index contributed by atoms with van der Waals surface area (Å²) in [6.07, 6.45) is 7.74. The fourth-order valence-corrected chi connectivity index (χ4v) is 9.43. The van der Waals surface area contributed by atoms with Crippen LogP contribution in [0, 0.1) is 22.8 Å². The van der Waals surface area contributed by atoms with Gasteiger partial charge in [-0.25, -0.2) is 0 Å². The number of allylic oxidation sites excluding steroid dienone is 3. The number of ketones is 1. The zero-order valence-corrected chi connectivity index (χ0v) is 37.2. The molecule has 7 heteroatoms. The van der Waals surface area contributed by atoms with E-state index in [2.05, 4.69) is 89.0 Å². The van der Waals surface area contributed by atoms with Crippen molar-refractivity contribution in [3.8, 4) is 11.3 Å². The van der Waals surface area contributed by atoms with E-state index < -0.39 is 0 Å². The Hall–Kier alpha value is -2.28. The van der Waals surface area contributed by atoms with Crippen molar-refractivity contribution in [1.29, 1.82) is 0 Å². The fraction of sp³-hybridized carbons (Fsp3) is 0.455. The molecule has 5 aromatic rings. The van der Waals surface area contributed by atoms with Crippen molar-refractivity contribution in [3.63, 3.8) is 0 Å². The Morgan fingerprint density at radius 1 is 0.941 bits per heavy atom. The predicted octanol–water partition coefficient (Wildman–Crippen LogP) is 14.7. The van der Waals surface area contributed by atoms with Gasteiger partial charge in [0.05, 0.1) is 0 Å². The van der Waals surface area contributed by atoms with E-state index in [1.807, 2.05) is 59.1 Å². The normalized spacial score (nSPS) is 12.7. The van der Waals surface area contributed by atoms with Gasteiger partial charge in [0, 0.05) is 63.2 Å². The van der Waals surface area contributed by atoms with Gasteiger partial charge in [0.15, 0.2) is 5.78 Å². The van der Waals surface area contributed by atoms with Crippen LogP contribution in [-0.2, 0) is 30.3 Å². The van der Waals surface area contributed by atoms with E-state index in [0.29, 0.717) is 5.92 Å². The molecule has 0 aliphatic heterocycles. The molecule has 5 rings (SSSR count). The number of nitrogens with zero attached hydrogens (tertiary/aromatic N) is 1. The number of hydrogen-bond donors (Lipinski definition) is 1. The summed E-state index contributed by atoms with van der Waals surface area (Å²) in [5.74, 6) is 0.912. The first-order chi connectivity index (χ1) is 23.5. The van der Waals surface area contributed by atoms with Gasteiger partial charge in [-0.2, -0.15) is 11.3 Å². The Morgan fingerprint density at radius 2 is 1.59 bits per heavy atom. The van der Waals surface area contributed by atoms with Crippen LogP contribution in [0.1, 0.15) is 114 Å².